The minimum absolute atomic E-state index is 1.23. The summed E-state index contributed by atoms with van der Waals surface area (Å²) >= 11 is 0. The van der Waals surface area contributed by atoms with Crippen LogP contribution in [-0.4, -0.2) is 0 Å². The van der Waals surface area contributed by atoms with E-state index in [0.29, 0.717) is 0 Å². The molecule has 15 aromatic carbocycles. The largest absolute Gasteiger partial charge is 0.0622 e. The van der Waals surface area contributed by atoms with E-state index < -0.39 is 0 Å². The lowest BCUT2D eigenvalue weighted by atomic mass is 9.80. The summed E-state index contributed by atoms with van der Waals surface area (Å²) in [5.74, 6) is 0. The molecule has 0 nitrogen and oxygen atoms in total. The first-order chi connectivity index (χ1) is 31.8. The van der Waals surface area contributed by atoms with Gasteiger partial charge < -0.3 is 0 Å². The smallest absolute Gasteiger partial charge is 0.000696 e. The van der Waals surface area contributed by atoms with Crippen LogP contribution in [0.1, 0.15) is 0 Å². The van der Waals surface area contributed by atoms with Crippen LogP contribution in [0.2, 0.25) is 0 Å². The zero-order chi connectivity index (χ0) is 41.6. The standard InChI is InChI=1S/C64H36/c1-4-17-37(18-5-1)41-25-10-11-26-44(41)56-49-32-16-34-51-58(49)62(63-46-29-13-24-39-23-12-28-45(53(39)46)60(56)63)50-33-15-30-47-54(40-21-8-3-9-22-40)59-52-36-35-42(38-19-6-2-7-20-38)43-27-14-31-48(55(43)52)64(59)61(51)57(47)50/h1-36H. The van der Waals surface area contributed by atoms with Crippen molar-refractivity contribution in [2.75, 3.05) is 0 Å². The third-order valence-electron chi connectivity index (χ3n) is 14.7. The molecule has 0 heteroatoms. The highest BCUT2D eigenvalue weighted by molar-refractivity contribution is 6.53. The highest BCUT2D eigenvalue weighted by Crippen LogP contribution is 2.58. The fraction of sp³-hybridized carbons (Fsp3) is 0. The van der Waals surface area contributed by atoms with Crippen LogP contribution in [0, 0.1) is 0 Å². The summed E-state index contributed by atoms with van der Waals surface area (Å²) in [6.07, 6.45) is 0. The highest BCUT2D eigenvalue weighted by atomic mass is 14.3. The summed E-state index contributed by atoms with van der Waals surface area (Å²) < 4.78 is 0. The van der Waals surface area contributed by atoms with Gasteiger partial charge in [0.25, 0.3) is 0 Å². The van der Waals surface area contributed by atoms with Crippen LogP contribution in [0.4, 0.5) is 0 Å². The molecular formula is C64H36. The molecule has 0 aliphatic heterocycles. The van der Waals surface area contributed by atoms with Crippen molar-refractivity contribution in [2.45, 2.75) is 0 Å². The van der Waals surface area contributed by atoms with E-state index in [-0.39, 0.29) is 0 Å². The van der Waals surface area contributed by atoms with Crippen molar-refractivity contribution in [3.8, 4) is 44.5 Å². The van der Waals surface area contributed by atoms with E-state index in [9.17, 15) is 0 Å². The minimum atomic E-state index is 1.23. The zero-order valence-electron chi connectivity index (χ0n) is 34.8. The Balaban J connectivity index is 1.25. The molecule has 292 valence electrons. The van der Waals surface area contributed by atoms with E-state index in [4.69, 9.17) is 0 Å². The maximum atomic E-state index is 2.43. The second-order valence-electron chi connectivity index (χ2n) is 17.7. The van der Waals surface area contributed by atoms with Crippen molar-refractivity contribution in [2.24, 2.45) is 0 Å². The number of hydrogen-bond donors (Lipinski definition) is 0. The molecule has 0 amide bonds. The Kier molecular flexibility index (Phi) is 6.77. The van der Waals surface area contributed by atoms with Crippen LogP contribution in [0.5, 0.6) is 0 Å². The molecule has 0 fully saturated rings. The first-order valence-electron chi connectivity index (χ1n) is 22.4. The van der Waals surface area contributed by atoms with Gasteiger partial charge in [-0.05, 0) is 152 Å². The van der Waals surface area contributed by atoms with Crippen LogP contribution in [0.15, 0.2) is 218 Å². The summed E-state index contributed by atoms with van der Waals surface area (Å²) in [5.41, 5.74) is 10.1. The minimum Gasteiger partial charge on any atom is -0.0622 e. The molecule has 15 aromatic rings. The first-order valence-corrected chi connectivity index (χ1v) is 22.4. The lowest BCUT2D eigenvalue weighted by Gasteiger charge is -2.22. The van der Waals surface area contributed by atoms with Crippen LogP contribution in [0.3, 0.4) is 0 Å². The Labute approximate surface area is 368 Å². The van der Waals surface area contributed by atoms with Gasteiger partial charge in [0, 0.05) is 0 Å². The van der Waals surface area contributed by atoms with E-state index in [2.05, 4.69) is 218 Å². The van der Waals surface area contributed by atoms with Crippen molar-refractivity contribution < 1.29 is 0 Å². The SMILES string of the molecule is c1ccc(-c2ccccc2-c2c3cccc4c3c(c3cccc5c(-c6ccccc6)c6c7ccc(-c8ccccc8)c8cccc(c87)c6c4c53)c3c4cccc5cccc(c23)c54)cc1. The van der Waals surface area contributed by atoms with Gasteiger partial charge in [-0.1, -0.05) is 218 Å². The van der Waals surface area contributed by atoms with Crippen molar-refractivity contribution in [3.05, 3.63) is 218 Å². The summed E-state index contributed by atoms with van der Waals surface area (Å²) in [7, 11) is 0. The van der Waals surface area contributed by atoms with Crippen LogP contribution >= 0.6 is 0 Å². The Hall–Kier alpha value is -8.32. The van der Waals surface area contributed by atoms with E-state index in [1.54, 1.807) is 0 Å². The summed E-state index contributed by atoms with van der Waals surface area (Å²) in [4.78, 5) is 0. The van der Waals surface area contributed by atoms with E-state index in [0.717, 1.165) is 0 Å². The average molecular weight is 805 g/mol. The molecule has 0 saturated heterocycles. The molecular weight excluding hydrogens is 769 g/mol. The summed E-state index contributed by atoms with van der Waals surface area (Å²) in [6, 6.07) is 82.0. The second-order valence-corrected chi connectivity index (χ2v) is 17.7. The maximum absolute atomic E-state index is 2.43. The normalized spacial score (nSPS) is 12.4. The maximum Gasteiger partial charge on any atom is -0.000696 e. The third kappa shape index (κ3) is 4.32. The Morgan fingerprint density at radius 2 is 0.547 bits per heavy atom. The molecule has 0 aliphatic rings. The van der Waals surface area contributed by atoms with Crippen LogP contribution in [-0.2, 0) is 0 Å². The summed E-state index contributed by atoms with van der Waals surface area (Å²) in [5, 5.41) is 26.5. The molecule has 0 bridgehead atoms. The quantitative estimate of drug-likeness (QED) is 0.123. The topological polar surface area (TPSA) is 0 Å². The monoisotopic (exact) mass is 804 g/mol. The van der Waals surface area contributed by atoms with Crippen molar-refractivity contribution in [1.29, 1.82) is 0 Å². The second kappa shape index (κ2) is 12.6. The van der Waals surface area contributed by atoms with Gasteiger partial charge in [0.15, 0.2) is 0 Å². The van der Waals surface area contributed by atoms with E-state index in [1.807, 2.05) is 0 Å². The Bertz CT molecular complexity index is 4370. The van der Waals surface area contributed by atoms with Crippen molar-refractivity contribution in [1.82, 2.24) is 0 Å². The number of hydrogen-bond acceptors (Lipinski definition) is 0. The Morgan fingerprint density at radius 3 is 1.16 bits per heavy atom. The first kappa shape index (κ1) is 34.3. The number of rotatable bonds is 4. The molecule has 15 rings (SSSR count). The van der Waals surface area contributed by atoms with E-state index >= 15 is 0 Å². The van der Waals surface area contributed by atoms with Crippen molar-refractivity contribution >= 4 is 108 Å². The molecule has 0 aromatic heterocycles. The number of benzene rings is 13. The Morgan fingerprint density at radius 1 is 0.156 bits per heavy atom. The van der Waals surface area contributed by atoms with Gasteiger partial charge in [-0.2, -0.15) is 0 Å². The molecule has 0 unspecified atom stereocenters. The molecule has 0 N–H and O–H groups in total. The molecule has 0 radical (unpaired) electrons. The average Bonchev–Trinajstić information content (AvgIpc) is 3.88. The van der Waals surface area contributed by atoms with Crippen molar-refractivity contribution in [3.63, 3.8) is 0 Å². The zero-order valence-corrected chi connectivity index (χ0v) is 34.8. The summed E-state index contributed by atoms with van der Waals surface area (Å²) in [6.45, 7) is 0. The predicted octanol–water partition coefficient (Wildman–Crippen LogP) is 18.2. The molecule has 0 spiro atoms. The van der Waals surface area contributed by atoms with E-state index in [1.165, 1.54) is 152 Å². The fourth-order valence-electron chi connectivity index (χ4n) is 12.3. The third-order valence-corrected chi connectivity index (χ3v) is 14.7. The molecule has 64 heavy (non-hydrogen) atoms. The van der Waals surface area contributed by atoms with Gasteiger partial charge in [-0.25, -0.2) is 0 Å². The molecule has 0 heterocycles. The lowest BCUT2D eigenvalue weighted by molar-refractivity contribution is 1.61. The van der Waals surface area contributed by atoms with Gasteiger partial charge in [-0.3, -0.25) is 0 Å². The number of fused-ring (bicyclic) bond motifs is 10. The van der Waals surface area contributed by atoms with Gasteiger partial charge in [0.05, 0.1) is 0 Å². The molecule has 0 atom stereocenters. The fourth-order valence-corrected chi connectivity index (χ4v) is 12.3. The lowest BCUT2D eigenvalue weighted by Crippen LogP contribution is -1.94. The van der Waals surface area contributed by atoms with Gasteiger partial charge in [0.1, 0.15) is 0 Å². The predicted molar refractivity (Wildman–Crippen MR) is 277 cm³/mol. The van der Waals surface area contributed by atoms with Gasteiger partial charge in [-0.15, -0.1) is 0 Å². The van der Waals surface area contributed by atoms with Gasteiger partial charge in [0.2, 0.25) is 0 Å². The van der Waals surface area contributed by atoms with Crippen LogP contribution in [0.25, 0.3) is 152 Å². The van der Waals surface area contributed by atoms with Gasteiger partial charge >= 0.3 is 0 Å². The molecule has 0 aliphatic carbocycles. The van der Waals surface area contributed by atoms with Crippen LogP contribution < -0.4 is 0 Å². The highest BCUT2D eigenvalue weighted by Gasteiger charge is 2.29. The molecule has 0 saturated carbocycles.